The van der Waals surface area contributed by atoms with Crippen LogP contribution >= 0.6 is 0 Å². The molecule has 0 radical (unpaired) electrons. The van der Waals surface area contributed by atoms with Gasteiger partial charge in [-0.3, -0.25) is 0 Å². The van der Waals surface area contributed by atoms with Gasteiger partial charge in [0.2, 0.25) is 0 Å². The van der Waals surface area contributed by atoms with Crippen molar-refractivity contribution >= 4 is 17.0 Å². The zero-order chi connectivity index (χ0) is 20.4. The minimum atomic E-state index is -0.444. The molecule has 0 unspecified atom stereocenters. The van der Waals surface area contributed by atoms with Crippen molar-refractivity contribution in [2.45, 2.75) is 63.3 Å². The topological polar surface area (TPSA) is 97.3 Å². The molecule has 2 aliphatic rings. The first-order valence-electron chi connectivity index (χ1n) is 10.6. The number of imidazole rings is 1. The number of nitrogen functional groups attached to an aromatic ring is 1. The third-order valence-corrected chi connectivity index (χ3v) is 6.02. The van der Waals surface area contributed by atoms with E-state index in [-0.39, 0.29) is 12.2 Å². The highest BCUT2D eigenvalue weighted by Gasteiger charge is 2.45. The summed E-state index contributed by atoms with van der Waals surface area (Å²) < 4.78 is 21.0. The molecule has 0 amide bonds. The molecule has 2 atom stereocenters. The second-order valence-corrected chi connectivity index (χ2v) is 8.10. The number of nitrogens with two attached hydrogens (primary N) is 1. The van der Waals surface area contributed by atoms with E-state index in [0.717, 1.165) is 31.2 Å². The van der Waals surface area contributed by atoms with Crippen molar-refractivity contribution in [3.8, 4) is 0 Å². The van der Waals surface area contributed by atoms with Crippen LogP contribution in [0, 0.1) is 0 Å². The summed E-state index contributed by atoms with van der Waals surface area (Å²) in [5.41, 5.74) is 8.37. The molecular formula is C22H27N5O3. The van der Waals surface area contributed by atoms with E-state index in [1.165, 1.54) is 12.7 Å². The van der Waals surface area contributed by atoms with Crippen LogP contribution in [-0.4, -0.2) is 44.1 Å². The van der Waals surface area contributed by atoms with Gasteiger partial charge in [-0.15, -0.1) is 0 Å². The highest BCUT2D eigenvalue weighted by molar-refractivity contribution is 5.81. The summed E-state index contributed by atoms with van der Waals surface area (Å²) in [4.78, 5) is 12.8. The van der Waals surface area contributed by atoms with Crippen molar-refractivity contribution in [1.82, 2.24) is 19.5 Å². The van der Waals surface area contributed by atoms with Crippen molar-refractivity contribution in [3.63, 3.8) is 0 Å². The van der Waals surface area contributed by atoms with Crippen molar-refractivity contribution in [1.29, 1.82) is 0 Å². The number of ether oxygens (including phenoxy) is 3. The van der Waals surface area contributed by atoms with Gasteiger partial charge in [0, 0.05) is 12.8 Å². The van der Waals surface area contributed by atoms with Gasteiger partial charge < -0.3 is 24.5 Å². The summed E-state index contributed by atoms with van der Waals surface area (Å²) in [6.07, 6.45) is 8.27. The van der Waals surface area contributed by atoms with Gasteiger partial charge in [0.25, 0.3) is 0 Å². The Kier molecular flexibility index (Phi) is 5.37. The quantitative estimate of drug-likeness (QED) is 0.668. The fourth-order valence-corrected chi connectivity index (χ4v) is 4.40. The average Bonchev–Trinajstić information content (AvgIpc) is 3.38. The van der Waals surface area contributed by atoms with E-state index in [4.69, 9.17) is 19.9 Å². The van der Waals surface area contributed by atoms with Gasteiger partial charge in [0.05, 0.1) is 26.1 Å². The molecule has 8 nitrogen and oxygen atoms in total. The number of nitrogens with zero attached hydrogens (tertiary/aromatic N) is 4. The first-order chi connectivity index (χ1) is 14.7. The van der Waals surface area contributed by atoms with Crippen LogP contribution in [0.5, 0.6) is 0 Å². The maximum atomic E-state index is 6.49. The van der Waals surface area contributed by atoms with Crippen LogP contribution in [0.1, 0.15) is 37.7 Å². The van der Waals surface area contributed by atoms with E-state index in [1.54, 1.807) is 6.33 Å². The van der Waals surface area contributed by atoms with Crippen LogP contribution in [0.4, 0.5) is 5.82 Å². The highest BCUT2D eigenvalue weighted by Crippen LogP contribution is 2.39. The third kappa shape index (κ3) is 3.90. The van der Waals surface area contributed by atoms with E-state index in [9.17, 15) is 0 Å². The Balaban J connectivity index is 1.37. The number of hydrogen-bond donors (Lipinski definition) is 1. The molecule has 30 heavy (non-hydrogen) atoms. The average molecular weight is 409 g/mol. The summed E-state index contributed by atoms with van der Waals surface area (Å²) >= 11 is 0. The summed E-state index contributed by atoms with van der Waals surface area (Å²) in [6, 6.07) is 10.2. The predicted octanol–water partition coefficient (Wildman–Crippen LogP) is 3.07. The predicted molar refractivity (Wildman–Crippen MR) is 111 cm³/mol. The lowest BCUT2D eigenvalue weighted by Gasteiger charge is -2.33. The number of benzene rings is 1. The van der Waals surface area contributed by atoms with Crippen LogP contribution in [0.25, 0.3) is 11.2 Å². The van der Waals surface area contributed by atoms with Gasteiger partial charge in [-0.2, -0.15) is 0 Å². The van der Waals surface area contributed by atoms with Crippen LogP contribution < -0.4 is 5.73 Å². The fourth-order valence-electron chi connectivity index (χ4n) is 4.40. The van der Waals surface area contributed by atoms with E-state index in [1.807, 2.05) is 22.8 Å². The second-order valence-electron chi connectivity index (χ2n) is 8.10. The standard InChI is InChI=1S/C22H27N5O3/c23-20-19-21(25-14-24-20)27(15-26-19)11-17(28-12-16-7-3-1-4-8-16)18-13-29-22(30-18)9-5-2-6-10-22/h1,3-4,7-8,14-15,17-18H,2,5-6,9-13H2,(H2,23,24,25)/t17-,18+/m0/s1. The number of hydrogen-bond acceptors (Lipinski definition) is 7. The molecule has 5 rings (SSSR count). The molecule has 3 heterocycles. The summed E-state index contributed by atoms with van der Waals surface area (Å²) in [5, 5.41) is 0. The zero-order valence-corrected chi connectivity index (χ0v) is 16.9. The van der Waals surface area contributed by atoms with Crippen LogP contribution in [0.2, 0.25) is 0 Å². The minimum Gasteiger partial charge on any atom is -0.382 e. The summed E-state index contributed by atoms with van der Waals surface area (Å²) in [7, 11) is 0. The Morgan fingerprint density at radius 1 is 1.13 bits per heavy atom. The van der Waals surface area contributed by atoms with Gasteiger partial charge >= 0.3 is 0 Å². The maximum Gasteiger partial charge on any atom is 0.169 e. The fraction of sp³-hybridized carbons (Fsp3) is 0.500. The van der Waals surface area contributed by atoms with Crippen molar-refractivity contribution < 1.29 is 14.2 Å². The number of rotatable bonds is 6. The number of fused-ring (bicyclic) bond motifs is 1. The number of anilines is 1. The molecular weight excluding hydrogens is 382 g/mol. The molecule has 1 spiro atoms. The third-order valence-electron chi connectivity index (χ3n) is 6.02. The molecule has 1 aliphatic carbocycles. The molecule has 2 N–H and O–H groups in total. The van der Waals surface area contributed by atoms with Gasteiger partial charge in [0.15, 0.2) is 17.3 Å². The second kappa shape index (κ2) is 8.29. The SMILES string of the molecule is Nc1ncnc2c1ncn2C[C@H](OCc1ccccc1)[C@H]1COC2(CCCCC2)O1. The maximum absolute atomic E-state index is 6.49. The summed E-state index contributed by atoms with van der Waals surface area (Å²) in [5.74, 6) is -0.0666. The Morgan fingerprint density at radius 2 is 1.97 bits per heavy atom. The van der Waals surface area contributed by atoms with Crippen molar-refractivity contribution in [3.05, 3.63) is 48.5 Å². The van der Waals surface area contributed by atoms with Gasteiger partial charge in [-0.25, -0.2) is 15.0 Å². The van der Waals surface area contributed by atoms with E-state index < -0.39 is 5.79 Å². The summed E-state index contributed by atoms with van der Waals surface area (Å²) in [6.45, 7) is 1.58. The van der Waals surface area contributed by atoms with Crippen molar-refractivity contribution in [2.75, 3.05) is 12.3 Å². The largest absolute Gasteiger partial charge is 0.382 e. The lowest BCUT2D eigenvalue weighted by atomic mass is 9.94. The number of aromatic nitrogens is 4. The highest BCUT2D eigenvalue weighted by atomic mass is 16.8. The van der Waals surface area contributed by atoms with E-state index in [0.29, 0.717) is 36.7 Å². The molecule has 2 aromatic heterocycles. The Labute approximate surface area is 175 Å². The minimum absolute atomic E-state index is 0.150. The van der Waals surface area contributed by atoms with Crippen LogP contribution in [0.15, 0.2) is 43.0 Å². The molecule has 3 aromatic rings. The normalized spacial score (nSPS) is 21.9. The lowest BCUT2D eigenvalue weighted by molar-refractivity contribution is -0.200. The smallest absolute Gasteiger partial charge is 0.169 e. The zero-order valence-electron chi connectivity index (χ0n) is 16.9. The Hall–Kier alpha value is -2.55. The molecule has 158 valence electrons. The van der Waals surface area contributed by atoms with E-state index >= 15 is 0 Å². The molecule has 1 saturated carbocycles. The molecule has 1 aliphatic heterocycles. The molecule has 8 heteroatoms. The molecule has 2 fully saturated rings. The molecule has 1 saturated heterocycles. The monoisotopic (exact) mass is 409 g/mol. The van der Waals surface area contributed by atoms with Gasteiger partial charge in [-0.05, 0) is 18.4 Å². The van der Waals surface area contributed by atoms with Gasteiger partial charge in [-0.1, -0.05) is 36.8 Å². The van der Waals surface area contributed by atoms with Crippen LogP contribution in [0.3, 0.4) is 0 Å². The van der Waals surface area contributed by atoms with E-state index in [2.05, 4.69) is 27.1 Å². The van der Waals surface area contributed by atoms with Crippen LogP contribution in [-0.2, 0) is 27.4 Å². The van der Waals surface area contributed by atoms with Gasteiger partial charge in [0.1, 0.15) is 24.1 Å². The Bertz CT molecular complexity index is 987. The Morgan fingerprint density at radius 3 is 2.80 bits per heavy atom. The van der Waals surface area contributed by atoms with Crippen molar-refractivity contribution in [2.24, 2.45) is 0 Å². The molecule has 0 bridgehead atoms. The first-order valence-corrected chi connectivity index (χ1v) is 10.6. The molecule has 1 aromatic carbocycles. The first kappa shape index (κ1) is 19.4. The lowest BCUT2D eigenvalue weighted by Crippen LogP contribution is -2.38.